The Hall–Kier alpha value is -1.63. The van der Waals surface area contributed by atoms with E-state index < -0.39 is 4.92 Å². The minimum absolute atomic E-state index is 0.0137. The van der Waals surface area contributed by atoms with E-state index in [4.69, 9.17) is 4.74 Å². The summed E-state index contributed by atoms with van der Waals surface area (Å²) in [6, 6.07) is 0. The highest BCUT2D eigenvalue weighted by Crippen LogP contribution is 2.22. The van der Waals surface area contributed by atoms with E-state index in [0.29, 0.717) is 12.4 Å². The molecule has 1 aromatic heterocycles. The van der Waals surface area contributed by atoms with Crippen LogP contribution in [0.25, 0.3) is 0 Å². The van der Waals surface area contributed by atoms with Crippen molar-refractivity contribution in [3.8, 4) is 0 Å². The molecule has 7 heteroatoms. The van der Waals surface area contributed by atoms with Crippen molar-refractivity contribution in [3.05, 3.63) is 16.3 Å². The van der Waals surface area contributed by atoms with Crippen LogP contribution in [-0.4, -0.2) is 34.0 Å². The number of aromatic nitrogens is 2. The smallest absolute Gasteiger partial charge is 0.330 e. The van der Waals surface area contributed by atoms with Crippen LogP contribution in [0.3, 0.4) is 0 Å². The van der Waals surface area contributed by atoms with Crippen LogP contribution in [0.4, 0.5) is 11.5 Å². The molecule has 1 atom stereocenters. The summed E-state index contributed by atoms with van der Waals surface area (Å²) < 4.78 is 6.91. The number of nitro groups is 1. The molecule has 0 aromatic carbocycles. The average Bonchev–Trinajstić information content (AvgIpc) is 2.88. The Labute approximate surface area is 98.9 Å². The summed E-state index contributed by atoms with van der Waals surface area (Å²) in [5, 5.41) is 17.7. The average molecular weight is 240 g/mol. The lowest BCUT2D eigenvalue weighted by Crippen LogP contribution is -2.13. The SMILES string of the molecule is Cn1cc([N+](=O)[O-])c(NCCC2CCCO2)n1. The summed E-state index contributed by atoms with van der Waals surface area (Å²) in [5.41, 5.74) is 0.0137. The van der Waals surface area contributed by atoms with Gasteiger partial charge in [0.15, 0.2) is 0 Å². The predicted molar refractivity (Wildman–Crippen MR) is 61.9 cm³/mol. The fourth-order valence-corrected chi connectivity index (χ4v) is 1.96. The largest absolute Gasteiger partial charge is 0.378 e. The van der Waals surface area contributed by atoms with E-state index in [0.717, 1.165) is 25.9 Å². The van der Waals surface area contributed by atoms with Gasteiger partial charge in [0, 0.05) is 20.2 Å². The number of aryl methyl sites for hydroxylation is 1. The molecule has 2 heterocycles. The molecule has 1 fully saturated rings. The summed E-state index contributed by atoms with van der Waals surface area (Å²) in [7, 11) is 1.66. The number of ether oxygens (including phenoxy) is 1. The van der Waals surface area contributed by atoms with E-state index in [9.17, 15) is 10.1 Å². The topological polar surface area (TPSA) is 82.2 Å². The molecule has 0 amide bonds. The molecule has 1 saturated heterocycles. The minimum Gasteiger partial charge on any atom is -0.378 e. The molecule has 1 unspecified atom stereocenters. The van der Waals surface area contributed by atoms with E-state index in [-0.39, 0.29) is 11.8 Å². The van der Waals surface area contributed by atoms with E-state index in [2.05, 4.69) is 10.4 Å². The maximum absolute atomic E-state index is 10.7. The second kappa shape index (κ2) is 5.13. The van der Waals surface area contributed by atoms with Crippen molar-refractivity contribution < 1.29 is 9.66 Å². The third-order valence-corrected chi connectivity index (χ3v) is 2.79. The number of hydrogen-bond donors (Lipinski definition) is 1. The van der Waals surface area contributed by atoms with Crippen molar-refractivity contribution in [1.82, 2.24) is 9.78 Å². The first-order valence-corrected chi connectivity index (χ1v) is 5.70. The van der Waals surface area contributed by atoms with Crippen LogP contribution in [0.5, 0.6) is 0 Å². The molecular weight excluding hydrogens is 224 g/mol. The lowest BCUT2D eigenvalue weighted by Gasteiger charge is -2.08. The number of hydrogen-bond acceptors (Lipinski definition) is 5. The van der Waals surface area contributed by atoms with Crippen LogP contribution in [0.2, 0.25) is 0 Å². The van der Waals surface area contributed by atoms with Crippen molar-refractivity contribution in [2.75, 3.05) is 18.5 Å². The molecule has 0 spiro atoms. The molecule has 0 bridgehead atoms. The third kappa shape index (κ3) is 2.94. The van der Waals surface area contributed by atoms with Crippen LogP contribution < -0.4 is 5.32 Å². The van der Waals surface area contributed by atoms with Crippen LogP contribution >= 0.6 is 0 Å². The van der Waals surface area contributed by atoms with Crippen LogP contribution in [0, 0.1) is 10.1 Å². The van der Waals surface area contributed by atoms with Gasteiger partial charge >= 0.3 is 5.69 Å². The van der Waals surface area contributed by atoms with Gasteiger partial charge in [0.25, 0.3) is 0 Å². The molecule has 2 rings (SSSR count). The molecule has 94 valence electrons. The maximum Gasteiger partial charge on any atom is 0.330 e. The van der Waals surface area contributed by atoms with Gasteiger partial charge in [-0.25, -0.2) is 0 Å². The highest BCUT2D eigenvalue weighted by Gasteiger charge is 2.19. The number of nitrogens with one attached hydrogen (secondary N) is 1. The first-order valence-electron chi connectivity index (χ1n) is 5.70. The monoisotopic (exact) mass is 240 g/mol. The zero-order valence-electron chi connectivity index (χ0n) is 9.76. The summed E-state index contributed by atoms with van der Waals surface area (Å²) in [6.07, 6.45) is 4.72. The molecule has 7 nitrogen and oxygen atoms in total. The van der Waals surface area contributed by atoms with Crippen LogP contribution in [0.1, 0.15) is 19.3 Å². The molecule has 0 radical (unpaired) electrons. The van der Waals surface area contributed by atoms with E-state index >= 15 is 0 Å². The van der Waals surface area contributed by atoms with Gasteiger partial charge in [-0.3, -0.25) is 14.8 Å². The van der Waals surface area contributed by atoms with Gasteiger partial charge in [0.05, 0.1) is 11.0 Å². The molecule has 1 aliphatic heterocycles. The minimum atomic E-state index is -0.429. The van der Waals surface area contributed by atoms with Crippen molar-refractivity contribution >= 4 is 11.5 Å². The zero-order valence-corrected chi connectivity index (χ0v) is 9.76. The van der Waals surface area contributed by atoms with Crippen LogP contribution in [0.15, 0.2) is 6.20 Å². The molecule has 1 aromatic rings. The second-order valence-corrected chi connectivity index (χ2v) is 4.14. The lowest BCUT2D eigenvalue weighted by atomic mass is 10.2. The fourth-order valence-electron chi connectivity index (χ4n) is 1.96. The van der Waals surface area contributed by atoms with Gasteiger partial charge in [-0.15, -0.1) is 5.10 Å². The van der Waals surface area contributed by atoms with Crippen LogP contribution in [-0.2, 0) is 11.8 Å². The fraction of sp³-hybridized carbons (Fsp3) is 0.700. The molecule has 17 heavy (non-hydrogen) atoms. The standard InChI is InChI=1S/C10H16N4O3/c1-13-7-9(14(15)16)10(12-13)11-5-4-8-3-2-6-17-8/h7-8H,2-6H2,1H3,(H,11,12). The predicted octanol–water partition coefficient (Wildman–Crippen LogP) is 1.31. The van der Waals surface area contributed by atoms with Crippen molar-refractivity contribution in [3.63, 3.8) is 0 Å². The Balaban J connectivity index is 1.87. The first kappa shape index (κ1) is 11.8. The van der Waals surface area contributed by atoms with Crippen molar-refractivity contribution in [2.24, 2.45) is 7.05 Å². The maximum atomic E-state index is 10.7. The van der Waals surface area contributed by atoms with Gasteiger partial charge in [0.2, 0.25) is 5.82 Å². The zero-order chi connectivity index (χ0) is 12.3. The van der Waals surface area contributed by atoms with E-state index in [1.807, 2.05) is 0 Å². The molecular formula is C10H16N4O3. The first-order chi connectivity index (χ1) is 8.16. The molecule has 0 saturated carbocycles. The normalized spacial score (nSPS) is 19.5. The van der Waals surface area contributed by atoms with E-state index in [1.54, 1.807) is 7.05 Å². The Morgan fingerprint density at radius 3 is 3.24 bits per heavy atom. The van der Waals surface area contributed by atoms with Gasteiger partial charge in [-0.05, 0) is 19.3 Å². The molecule has 0 aliphatic carbocycles. The second-order valence-electron chi connectivity index (χ2n) is 4.14. The molecule has 1 aliphatic rings. The molecule has 1 N–H and O–H groups in total. The van der Waals surface area contributed by atoms with Gasteiger partial charge in [-0.1, -0.05) is 0 Å². The summed E-state index contributed by atoms with van der Waals surface area (Å²) in [6.45, 7) is 1.47. The quantitative estimate of drug-likeness (QED) is 0.619. The Morgan fingerprint density at radius 1 is 1.76 bits per heavy atom. The van der Waals surface area contributed by atoms with Gasteiger partial charge in [0.1, 0.15) is 6.20 Å². The number of anilines is 1. The summed E-state index contributed by atoms with van der Waals surface area (Å²) in [5.74, 6) is 0.329. The Morgan fingerprint density at radius 2 is 2.59 bits per heavy atom. The Bertz CT molecular complexity index is 398. The van der Waals surface area contributed by atoms with E-state index in [1.165, 1.54) is 10.9 Å². The summed E-state index contributed by atoms with van der Waals surface area (Å²) in [4.78, 5) is 10.3. The highest BCUT2D eigenvalue weighted by molar-refractivity contribution is 5.54. The highest BCUT2D eigenvalue weighted by atomic mass is 16.6. The lowest BCUT2D eigenvalue weighted by molar-refractivity contribution is -0.384. The third-order valence-electron chi connectivity index (χ3n) is 2.79. The van der Waals surface area contributed by atoms with Crippen molar-refractivity contribution in [2.45, 2.75) is 25.4 Å². The Kier molecular flexibility index (Phi) is 3.58. The van der Waals surface area contributed by atoms with Gasteiger partial charge in [-0.2, -0.15) is 0 Å². The summed E-state index contributed by atoms with van der Waals surface area (Å²) >= 11 is 0. The number of rotatable bonds is 5. The number of nitrogens with zero attached hydrogens (tertiary/aromatic N) is 3. The van der Waals surface area contributed by atoms with Crippen molar-refractivity contribution in [1.29, 1.82) is 0 Å². The van der Waals surface area contributed by atoms with Gasteiger partial charge < -0.3 is 10.1 Å².